The van der Waals surface area contributed by atoms with Gasteiger partial charge in [0, 0.05) is 25.8 Å². The fourth-order valence-corrected chi connectivity index (χ4v) is 1.73. The van der Waals surface area contributed by atoms with E-state index in [0.29, 0.717) is 11.8 Å². The van der Waals surface area contributed by atoms with Crippen molar-refractivity contribution in [3.8, 4) is 0 Å². The molecule has 5 heteroatoms. The number of hydrogen-bond acceptors (Lipinski definition) is 4. The van der Waals surface area contributed by atoms with E-state index >= 15 is 0 Å². The molecule has 0 radical (unpaired) electrons. The first kappa shape index (κ1) is 13.2. The fraction of sp³-hybridized carbons (Fsp3) is 0.636. The Hall–Kier alpha value is -0.870. The summed E-state index contributed by atoms with van der Waals surface area (Å²) in [4.78, 5) is 10.3. The largest absolute Gasteiger partial charge is 0.380 e. The van der Waals surface area contributed by atoms with Crippen molar-refractivity contribution >= 4 is 17.4 Å². The first-order valence-electron chi connectivity index (χ1n) is 5.48. The topological polar surface area (TPSA) is 38.2 Å². The average molecular weight is 244 g/mol. The minimum absolute atomic E-state index is 0.538. The van der Waals surface area contributed by atoms with E-state index in [1.54, 1.807) is 0 Å². The Balaban J connectivity index is 2.74. The molecule has 0 aliphatic rings. The molecule has 0 spiro atoms. The molecule has 4 nitrogen and oxygen atoms in total. The Morgan fingerprint density at radius 2 is 2.12 bits per heavy atom. The molecule has 1 rings (SSSR count). The lowest BCUT2D eigenvalue weighted by Gasteiger charge is -2.20. The van der Waals surface area contributed by atoms with Gasteiger partial charge in [0.05, 0.1) is 6.61 Å². The number of nitrogens with zero attached hydrogens (tertiary/aromatic N) is 3. The number of rotatable bonds is 6. The molecule has 0 saturated carbocycles. The lowest BCUT2D eigenvalue weighted by molar-refractivity contribution is 0.154. The van der Waals surface area contributed by atoms with E-state index in [2.05, 4.69) is 9.97 Å². The van der Waals surface area contributed by atoms with E-state index in [9.17, 15) is 0 Å². The summed E-state index contributed by atoms with van der Waals surface area (Å²) in [5.74, 6) is 0.891. The zero-order chi connectivity index (χ0) is 12.0. The van der Waals surface area contributed by atoms with Crippen molar-refractivity contribution in [1.82, 2.24) is 9.97 Å². The zero-order valence-electron chi connectivity index (χ0n) is 10.0. The van der Waals surface area contributed by atoms with Crippen LogP contribution in [0.15, 0.2) is 6.33 Å². The maximum Gasteiger partial charge on any atom is 0.137 e. The third-order valence-corrected chi connectivity index (χ3v) is 2.69. The molecule has 1 heterocycles. The third kappa shape index (κ3) is 3.32. The van der Waals surface area contributed by atoms with E-state index in [1.807, 2.05) is 25.8 Å². The highest BCUT2D eigenvalue weighted by Crippen LogP contribution is 2.22. The molecule has 1 aromatic rings. The third-order valence-electron chi connectivity index (χ3n) is 2.36. The molecule has 0 aliphatic carbocycles. The minimum atomic E-state index is 0.538. The fourth-order valence-electron chi connectivity index (χ4n) is 1.47. The molecule has 1 aromatic heterocycles. The zero-order valence-corrected chi connectivity index (χ0v) is 10.8. The van der Waals surface area contributed by atoms with Gasteiger partial charge in [0.25, 0.3) is 0 Å². The van der Waals surface area contributed by atoms with Crippen LogP contribution >= 0.6 is 11.6 Å². The number of anilines is 1. The molecule has 0 saturated heterocycles. The average Bonchev–Trinajstić information content (AvgIpc) is 2.29. The number of likely N-dealkylation sites (N-methyl/N-ethyl adjacent to an activating group) is 1. The highest BCUT2D eigenvalue weighted by Gasteiger charge is 2.11. The Morgan fingerprint density at radius 1 is 1.38 bits per heavy atom. The summed E-state index contributed by atoms with van der Waals surface area (Å²) in [7, 11) is 1.98. The Kier molecular flexibility index (Phi) is 5.49. The molecular formula is C11H18ClN3O. The second-order valence-electron chi connectivity index (χ2n) is 3.44. The van der Waals surface area contributed by atoms with E-state index < -0.39 is 0 Å². The van der Waals surface area contributed by atoms with Gasteiger partial charge in [-0.25, -0.2) is 9.97 Å². The maximum absolute atomic E-state index is 6.03. The van der Waals surface area contributed by atoms with Crippen molar-refractivity contribution in [3.63, 3.8) is 0 Å². The van der Waals surface area contributed by atoms with Crippen LogP contribution in [0.1, 0.15) is 19.4 Å². The second-order valence-corrected chi connectivity index (χ2v) is 3.80. The molecule has 0 aliphatic heterocycles. The van der Waals surface area contributed by atoms with E-state index in [4.69, 9.17) is 16.3 Å². The molecule has 0 fully saturated rings. The van der Waals surface area contributed by atoms with Gasteiger partial charge in [-0.15, -0.1) is 0 Å². The first-order chi connectivity index (χ1) is 7.70. The van der Waals surface area contributed by atoms with Gasteiger partial charge in [-0.2, -0.15) is 0 Å². The molecular weight excluding hydrogens is 226 g/mol. The van der Waals surface area contributed by atoms with E-state index in [-0.39, 0.29) is 0 Å². The predicted molar refractivity (Wildman–Crippen MR) is 66.2 cm³/mol. The van der Waals surface area contributed by atoms with Crippen molar-refractivity contribution < 1.29 is 4.74 Å². The lowest BCUT2D eigenvalue weighted by atomic mass is 10.2. The van der Waals surface area contributed by atoms with Crippen LogP contribution in [0.5, 0.6) is 0 Å². The summed E-state index contributed by atoms with van der Waals surface area (Å²) in [5.41, 5.74) is 0.989. The summed E-state index contributed by atoms with van der Waals surface area (Å²) in [6.07, 6.45) is 2.32. The summed E-state index contributed by atoms with van der Waals surface area (Å²) in [6, 6.07) is 0. The van der Waals surface area contributed by atoms with Crippen LogP contribution in [0.2, 0.25) is 5.15 Å². The Morgan fingerprint density at radius 3 is 2.75 bits per heavy atom. The van der Waals surface area contributed by atoms with Gasteiger partial charge in [-0.3, -0.25) is 0 Å². The standard InChI is InChI=1S/C11H18ClN3O/c1-4-9-10(12)13-8-14-11(9)15(3)6-7-16-5-2/h8H,4-7H2,1-3H3. The molecule has 0 atom stereocenters. The van der Waals surface area contributed by atoms with Crippen LogP contribution in [0, 0.1) is 0 Å². The highest BCUT2D eigenvalue weighted by atomic mass is 35.5. The number of halogens is 1. The Bertz CT molecular complexity index is 333. The lowest BCUT2D eigenvalue weighted by Crippen LogP contribution is -2.25. The van der Waals surface area contributed by atoms with Gasteiger partial charge >= 0.3 is 0 Å². The molecule has 0 amide bonds. The van der Waals surface area contributed by atoms with E-state index in [0.717, 1.165) is 31.0 Å². The van der Waals surface area contributed by atoms with Crippen LogP contribution < -0.4 is 4.90 Å². The second kappa shape index (κ2) is 6.66. The van der Waals surface area contributed by atoms with Crippen LogP contribution in [0.3, 0.4) is 0 Å². The number of ether oxygens (including phenoxy) is 1. The highest BCUT2D eigenvalue weighted by molar-refractivity contribution is 6.30. The molecule has 0 N–H and O–H groups in total. The molecule has 90 valence electrons. The van der Waals surface area contributed by atoms with Crippen molar-refractivity contribution in [1.29, 1.82) is 0 Å². The van der Waals surface area contributed by atoms with Gasteiger partial charge in [-0.1, -0.05) is 18.5 Å². The predicted octanol–water partition coefficient (Wildman–Crippen LogP) is 2.17. The van der Waals surface area contributed by atoms with Gasteiger partial charge in [0.15, 0.2) is 0 Å². The van der Waals surface area contributed by atoms with Crippen LogP contribution in [-0.4, -0.2) is 36.8 Å². The van der Waals surface area contributed by atoms with Crippen molar-refractivity contribution in [3.05, 3.63) is 17.0 Å². The smallest absolute Gasteiger partial charge is 0.137 e. The monoisotopic (exact) mass is 243 g/mol. The molecule has 0 unspecified atom stereocenters. The van der Waals surface area contributed by atoms with Gasteiger partial charge < -0.3 is 9.64 Å². The van der Waals surface area contributed by atoms with Crippen molar-refractivity contribution in [2.75, 3.05) is 31.7 Å². The van der Waals surface area contributed by atoms with Crippen LogP contribution in [0.4, 0.5) is 5.82 Å². The van der Waals surface area contributed by atoms with Crippen LogP contribution in [0.25, 0.3) is 0 Å². The first-order valence-corrected chi connectivity index (χ1v) is 5.86. The van der Waals surface area contributed by atoms with Crippen molar-refractivity contribution in [2.45, 2.75) is 20.3 Å². The normalized spacial score (nSPS) is 10.5. The number of aromatic nitrogens is 2. The molecule has 0 aromatic carbocycles. The van der Waals surface area contributed by atoms with E-state index in [1.165, 1.54) is 6.33 Å². The quantitative estimate of drug-likeness (QED) is 0.567. The minimum Gasteiger partial charge on any atom is -0.380 e. The number of hydrogen-bond donors (Lipinski definition) is 0. The molecule has 16 heavy (non-hydrogen) atoms. The summed E-state index contributed by atoms with van der Waals surface area (Å²) >= 11 is 6.03. The Labute approximate surface area is 102 Å². The summed E-state index contributed by atoms with van der Waals surface area (Å²) in [6.45, 7) is 6.26. The van der Waals surface area contributed by atoms with Gasteiger partial charge in [0.1, 0.15) is 17.3 Å². The van der Waals surface area contributed by atoms with Gasteiger partial charge in [-0.05, 0) is 13.3 Å². The van der Waals surface area contributed by atoms with Crippen LogP contribution in [-0.2, 0) is 11.2 Å². The maximum atomic E-state index is 6.03. The SMILES string of the molecule is CCOCCN(C)c1ncnc(Cl)c1CC. The summed E-state index contributed by atoms with van der Waals surface area (Å²) in [5, 5.41) is 0.538. The van der Waals surface area contributed by atoms with Gasteiger partial charge in [0.2, 0.25) is 0 Å². The van der Waals surface area contributed by atoms with Crippen molar-refractivity contribution in [2.24, 2.45) is 0 Å². The molecule has 0 bridgehead atoms. The summed E-state index contributed by atoms with van der Waals surface area (Å²) < 4.78 is 5.31.